The predicted octanol–water partition coefficient (Wildman–Crippen LogP) is 34.7. The van der Waals surface area contributed by atoms with Gasteiger partial charge in [0.05, 0.1) is 69.8 Å². The van der Waals surface area contributed by atoms with E-state index in [1.165, 1.54) is 316 Å². The molecule has 660 valence electrons. The van der Waals surface area contributed by atoms with Gasteiger partial charge in [0.15, 0.2) is 0 Å². The Bertz CT molecular complexity index is 4030. The number of benzene rings is 6. The standard InChI is InChI=1S/C22H33N.C21H31N.C20H29N.C19H27N.C18H25N.C16H21N/c1-3-4-5-6-7-8-9-19-12-15-22(18(2)16-19)21-13-10-20(17-23)11-14-21;1-3-4-5-6-7-8-18-11-14-21(17(2)15-18)20-12-9-19(16-22)10-13-20;1-3-4-5-6-7-17-10-13-20(16(2)14-17)19-11-8-18(15-21)9-12-19;1-3-4-5-6-16-9-12-19(15(2)13-16)18-10-7-17(14-20)8-11-18;1-3-4-5-15-8-11-18(14(2)12-15)17-9-6-16(13-19)7-10-17;1-3-13-6-9-16(12(2)10-13)15-7-4-14(11-17)5-8-15/h10-11,13-14,18-19,22H,3-9,12,15-16H2,1-2H3;9-10,12-13,17-18,21H,3-8,11,14-15H2,1-2H3;8-9,11-12,16-17,20H,3-7,10,13-14H2,1-2H3;7-8,10-11,15-16,19H,3-6,9,12-13H2,1-2H3;6-7,9-10,14-15,18H,3-5,8,11-12H2,1-2H3;4-5,7-8,12-13,16H,3,6,9-10H2,1-2H3. The van der Waals surface area contributed by atoms with Gasteiger partial charge in [0.25, 0.3) is 0 Å². The van der Waals surface area contributed by atoms with Crippen molar-refractivity contribution in [3.63, 3.8) is 0 Å². The number of hydrogen-bond acceptors (Lipinski definition) is 6. The second-order valence-electron chi connectivity index (χ2n) is 39.6. The molecule has 6 aromatic carbocycles. The Labute approximate surface area is 747 Å². The van der Waals surface area contributed by atoms with Gasteiger partial charge in [0.2, 0.25) is 0 Å². The van der Waals surface area contributed by atoms with E-state index < -0.39 is 0 Å². The Balaban J connectivity index is 0.000000202. The van der Waals surface area contributed by atoms with Crippen molar-refractivity contribution in [2.45, 2.75) is 401 Å². The van der Waals surface area contributed by atoms with E-state index in [4.69, 9.17) is 31.6 Å². The van der Waals surface area contributed by atoms with Crippen molar-refractivity contribution >= 4 is 0 Å². The molecule has 0 N–H and O–H groups in total. The second kappa shape index (κ2) is 58.5. The average Bonchev–Trinajstić information content (AvgIpc) is 0.864. The zero-order valence-corrected chi connectivity index (χ0v) is 79.0. The summed E-state index contributed by atoms with van der Waals surface area (Å²) in [6.45, 7) is 28.2. The fraction of sp³-hybridized carbons (Fsp3) is 0.638. The van der Waals surface area contributed by atoms with Crippen LogP contribution in [-0.2, 0) is 0 Å². The van der Waals surface area contributed by atoms with Gasteiger partial charge in [0.1, 0.15) is 0 Å². The maximum atomic E-state index is 8.93. The lowest BCUT2D eigenvalue weighted by Crippen LogP contribution is -2.21. The third-order valence-corrected chi connectivity index (χ3v) is 30.4. The van der Waals surface area contributed by atoms with Crippen LogP contribution in [0.25, 0.3) is 0 Å². The smallest absolute Gasteiger partial charge is 0.0991 e. The molecule has 0 amide bonds. The van der Waals surface area contributed by atoms with Crippen LogP contribution >= 0.6 is 0 Å². The molecule has 6 aliphatic rings. The van der Waals surface area contributed by atoms with Crippen molar-refractivity contribution in [3.05, 3.63) is 212 Å². The van der Waals surface area contributed by atoms with E-state index in [-0.39, 0.29) is 0 Å². The molecule has 6 nitrogen and oxygen atoms in total. The summed E-state index contributed by atoms with van der Waals surface area (Å²) in [5, 5.41) is 53.3. The summed E-state index contributed by atoms with van der Waals surface area (Å²) < 4.78 is 0. The lowest BCUT2D eigenvalue weighted by molar-refractivity contribution is 0.232. The fourth-order valence-corrected chi connectivity index (χ4v) is 22.8. The normalized spacial score (nSPS) is 25.9. The number of nitriles is 6. The first-order valence-corrected chi connectivity index (χ1v) is 50.5. The molecule has 6 heteroatoms. The molecule has 18 unspecified atom stereocenters. The van der Waals surface area contributed by atoms with E-state index in [1.54, 1.807) is 0 Å². The first-order valence-electron chi connectivity index (χ1n) is 50.5. The molecule has 18 atom stereocenters. The molecule has 0 heterocycles. The number of rotatable bonds is 32. The van der Waals surface area contributed by atoms with Crippen LogP contribution in [-0.4, -0.2) is 0 Å². The topological polar surface area (TPSA) is 143 Å². The van der Waals surface area contributed by atoms with Gasteiger partial charge in [-0.05, 0) is 328 Å². The SMILES string of the molecule is CCC1CCC(c2ccc(C#N)cc2)C(C)C1.CCCCC1CCC(c2ccc(C#N)cc2)C(C)C1.CCCCCC1CCC(c2ccc(C#N)cc2)C(C)C1.CCCCCCC1CCC(c2ccc(C#N)cc2)C(C)C1.CCCCCCCC1CCC(c2ccc(C#N)cc2)C(C)C1.CCCCCCCCC1CCC(c2ccc(C#N)cc2)C(C)C1. The summed E-state index contributed by atoms with van der Waals surface area (Å²) >= 11 is 0. The lowest BCUT2D eigenvalue weighted by atomic mass is 9.71. The summed E-state index contributed by atoms with van der Waals surface area (Å²) in [6, 6.07) is 62.8. The van der Waals surface area contributed by atoms with Gasteiger partial charge in [-0.1, -0.05) is 323 Å². The highest BCUT2D eigenvalue weighted by molar-refractivity contribution is 5.38. The first-order chi connectivity index (χ1) is 59.4. The van der Waals surface area contributed by atoms with Crippen LogP contribution in [0.5, 0.6) is 0 Å². The van der Waals surface area contributed by atoms with Gasteiger partial charge < -0.3 is 0 Å². The zero-order valence-electron chi connectivity index (χ0n) is 79.0. The summed E-state index contributed by atoms with van der Waals surface area (Å²) in [5.41, 5.74) is 13.2. The van der Waals surface area contributed by atoms with E-state index in [1.807, 2.05) is 72.8 Å². The van der Waals surface area contributed by atoms with Crippen molar-refractivity contribution in [1.29, 1.82) is 31.6 Å². The van der Waals surface area contributed by atoms with Gasteiger partial charge in [0, 0.05) is 0 Å². The summed E-state index contributed by atoms with van der Waals surface area (Å²) in [5.74, 6) is 14.6. The minimum absolute atomic E-state index is 0.698. The zero-order chi connectivity index (χ0) is 87.6. The van der Waals surface area contributed by atoms with Crippen molar-refractivity contribution in [3.8, 4) is 36.4 Å². The third-order valence-electron chi connectivity index (χ3n) is 30.4. The van der Waals surface area contributed by atoms with E-state index in [2.05, 4.69) is 192 Å². The Hall–Kier alpha value is -7.74. The molecule has 12 rings (SSSR count). The predicted molar refractivity (Wildman–Crippen MR) is 517 cm³/mol. The minimum atomic E-state index is 0.698. The third kappa shape index (κ3) is 35.4. The van der Waals surface area contributed by atoms with Gasteiger partial charge in [-0.25, -0.2) is 0 Å². The van der Waals surface area contributed by atoms with Crippen molar-refractivity contribution in [1.82, 2.24) is 0 Å². The monoisotopic (exact) mass is 1640 g/mol. The molecular weight excluding hydrogens is 1480 g/mol. The van der Waals surface area contributed by atoms with Gasteiger partial charge in [-0.3, -0.25) is 0 Å². The maximum Gasteiger partial charge on any atom is 0.0991 e. The van der Waals surface area contributed by atoms with Crippen LogP contribution in [0.1, 0.15) is 468 Å². The Morgan fingerprint density at radius 2 is 0.352 bits per heavy atom. The van der Waals surface area contributed by atoms with Crippen LogP contribution in [0.2, 0.25) is 0 Å². The molecule has 122 heavy (non-hydrogen) atoms. The molecule has 6 saturated carbocycles. The molecule has 0 aliphatic heterocycles. The average molecular weight is 1640 g/mol. The van der Waals surface area contributed by atoms with E-state index >= 15 is 0 Å². The minimum Gasteiger partial charge on any atom is -0.192 e. The molecule has 0 bridgehead atoms. The molecule has 6 aromatic rings. The van der Waals surface area contributed by atoms with E-state index in [0.29, 0.717) is 35.5 Å². The van der Waals surface area contributed by atoms with Gasteiger partial charge in [-0.2, -0.15) is 31.6 Å². The first kappa shape index (κ1) is 101. The van der Waals surface area contributed by atoms with E-state index in [0.717, 1.165) is 104 Å². The highest BCUT2D eigenvalue weighted by Gasteiger charge is 2.34. The molecule has 0 saturated heterocycles. The molecule has 0 spiro atoms. The molecule has 0 radical (unpaired) electrons. The van der Waals surface area contributed by atoms with Crippen molar-refractivity contribution in [2.75, 3.05) is 0 Å². The lowest BCUT2D eigenvalue weighted by Gasteiger charge is -2.34. The Morgan fingerprint density at radius 1 is 0.197 bits per heavy atom. The van der Waals surface area contributed by atoms with Crippen molar-refractivity contribution < 1.29 is 0 Å². The molecular formula is C116H166N6. The molecule has 6 fully saturated rings. The summed E-state index contributed by atoms with van der Waals surface area (Å²) in [6.07, 6.45) is 60.9. The van der Waals surface area contributed by atoms with Crippen LogP contribution in [0.15, 0.2) is 146 Å². The Kier molecular flexibility index (Phi) is 48.6. The maximum absolute atomic E-state index is 8.93. The number of hydrogen-bond donors (Lipinski definition) is 0. The number of nitrogens with zero attached hydrogens (tertiary/aromatic N) is 6. The largest absolute Gasteiger partial charge is 0.192 e. The van der Waals surface area contributed by atoms with Crippen LogP contribution < -0.4 is 0 Å². The van der Waals surface area contributed by atoms with Gasteiger partial charge in [-0.15, -0.1) is 0 Å². The molecule has 6 aliphatic carbocycles. The van der Waals surface area contributed by atoms with Crippen LogP contribution in [0, 0.1) is 139 Å². The molecule has 0 aromatic heterocycles. The van der Waals surface area contributed by atoms with Crippen molar-refractivity contribution in [2.24, 2.45) is 71.0 Å². The summed E-state index contributed by atoms with van der Waals surface area (Å²) in [7, 11) is 0. The highest BCUT2D eigenvalue weighted by atomic mass is 14.4. The van der Waals surface area contributed by atoms with Gasteiger partial charge >= 0.3 is 0 Å². The summed E-state index contributed by atoms with van der Waals surface area (Å²) in [4.78, 5) is 0. The van der Waals surface area contributed by atoms with Crippen LogP contribution in [0.3, 0.4) is 0 Å². The van der Waals surface area contributed by atoms with E-state index in [9.17, 15) is 0 Å². The number of unbranched alkanes of at least 4 members (excludes halogenated alkanes) is 15. The second-order valence-corrected chi connectivity index (χ2v) is 39.6. The quantitative estimate of drug-likeness (QED) is 0.0385. The van der Waals surface area contributed by atoms with Crippen LogP contribution in [0.4, 0.5) is 0 Å². The Morgan fingerprint density at radius 3 is 0.541 bits per heavy atom. The highest BCUT2D eigenvalue weighted by Crippen LogP contribution is 2.48. The fourth-order valence-electron chi connectivity index (χ4n) is 22.8.